The summed E-state index contributed by atoms with van der Waals surface area (Å²) in [6.07, 6.45) is 1.83. The molecule has 1 unspecified atom stereocenters. The zero-order valence-electron chi connectivity index (χ0n) is 8.44. The van der Waals surface area contributed by atoms with Crippen LogP contribution in [-0.2, 0) is 10.2 Å². The molecule has 1 fully saturated rings. The number of rotatable bonds is 3. The number of pyridine rings is 1. The fourth-order valence-electron chi connectivity index (χ4n) is 1.89. The van der Waals surface area contributed by atoms with Crippen LogP contribution in [0.2, 0.25) is 0 Å². The Bertz CT molecular complexity index is 295. The first kappa shape index (κ1) is 9.62. The normalized spacial score (nSPS) is 21.3. The molecule has 2 N–H and O–H groups in total. The van der Waals surface area contributed by atoms with Gasteiger partial charge in [-0.3, -0.25) is 4.98 Å². The zero-order chi connectivity index (χ0) is 10.0. The molecule has 1 aliphatic heterocycles. The lowest BCUT2D eigenvalue weighted by atomic mass is 9.71. The third kappa shape index (κ3) is 1.33. The second-order valence-electron chi connectivity index (χ2n) is 4.00. The van der Waals surface area contributed by atoms with Crippen molar-refractivity contribution in [3.8, 4) is 0 Å². The lowest BCUT2D eigenvalue weighted by Gasteiger charge is -2.45. The Morgan fingerprint density at radius 1 is 1.57 bits per heavy atom. The highest BCUT2D eigenvalue weighted by atomic mass is 16.5. The van der Waals surface area contributed by atoms with E-state index < -0.39 is 0 Å². The smallest absolute Gasteiger partial charge is 0.0630 e. The standard InChI is InChI=1S/C11H16N2O/c1-9(6-12)11(7-14-8-11)10-4-2-3-5-13-10/h2-5,9H,6-8,12H2,1H3. The van der Waals surface area contributed by atoms with Gasteiger partial charge in [-0.1, -0.05) is 13.0 Å². The SMILES string of the molecule is CC(CN)C1(c2ccccn2)COC1. The van der Waals surface area contributed by atoms with Crippen LogP contribution in [0.5, 0.6) is 0 Å². The van der Waals surface area contributed by atoms with Crippen LogP contribution in [0.3, 0.4) is 0 Å². The molecule has 3 heteroatoms. The molecule has 0 aromatic carbocycles. The average molecular weight is 192 g/mol. The maximum absolute atomic E-state index is 5.72. The molecule has 1 saturated heterocycles. The first-order chi connectivity index (χ1) is 6.79. The molecular formula is C11H16N2O. The lowest BCUT2D eigenvalue weighted by Crippen LogP contribution is -2.54. The van der Waals surface area contributed by atoms with Gasteiger partial charge in [0.25, 0.3) is 0 Å². The summed E-state index contributed by atoms with van der Waals surface area (Å²) in [6.45, 7) is 4.35. The quantitative estimate of drug-likeness (QED) is 0.775. The monoisotopic (exact) mass is 192 g/mol. The number of ether oxygens (including phenoxy) is 1. The van der Waals surface area contributed by atoms with Crippen LogP contribution in [0.4, 0.5) is 0 Å². The summed E-state index contributed by atoms with van der Waals surface area (Å²) in [4.78, 5) is 4.41. The molecule has 2 heterocycles. The summed E-state index contributed by atoms with van der Waals surface area (Å²) in [5, 5.41) is 0. The number of aromatic nitrogens is 1. The molecule has 1 aromatic rings. The number of nitrogens with two attached hydrogens (primary N) is 1. The van der Waals surface area contributed by atoms with Crippen molar-refractivity contribution in [3.05, 3.63) is 30.1 Å². The Morgan fingerprint density at radius 3 is 2.79 bits per heavy atom. The van der Waals surface area contributed by atoms with E-state index in [0.29, 0.717) is 12.5 Å². The molecule has 0 saturated carbocycles. The van der Waals surface area contributed by atoms with Crippen molar-refractivity contribution in [2.75, 3.05) is 19.8 Å². The van der Waals surface area contributed by atoms with Gasteiger partial charge in [-0.2, -0.15) is 0 Å². The van der Waals surface area contributed by atoms with Crippen LogP contribution in [0.25, 0.3) is 0 Å². The summed E-state index contributed by atoms with van der Waals surface area (Å²) in [5.74, 6) is 0.422. The van der Waals surface area contributed by atoms with Crippen molar-refractivity contribution < 1.29 is 4.74 Å². The summed E-state index contributed by atoms with van der Waals surface area (Å²) in [6, 6.07) is 6.02. The fourth-order valence-corrected chi connectivity index (χ4v) is 1.89. The maximum Gasteiger partial charge on any atom is 0.0630 e. The zero-order valence-corrected chi connectivity index (χ0v) is 8.44. The van der Waals surface area contributed by atoms with Crippen LogP contribution in [-0.4, -0.2) is 24.7 Å². The maximum atomic E-state index is 5.72. The molecule has 0 spiro atoms. The molecule has 2 rings (SSSR count). The predicted molar refractivity (Wildman–Crippen MR) is 55.0 cm³/mol. The minimum atomic E-state index is 0.0655. The number of nitrogens with zero attached hydrogens (tertiary/aromatic N) is 1. The molecular weight excluding hydrogens is 176 g/mol. The lowest BCUT2D eigenvalue weighted by molar-refractivity contribution is -0.0875. The van der Waals surface area contributed by atoms with Gasteiger partial charge in [0.2, 0.25) is 0 Å². The topological polar surface area (TPSA) is 48.1 Å². The first-order valence-corrected chi connectivity index (χ1v) is 4.99. The van der Waals surface area contributed by atoms with Crippen LogP contribution < -0.4 is 5.73 Å². The van der Waals surface area contributed by atoms with Gasteiger partial charge >= 0.3 is 0 Å². The molecule has 76 valence electrons. The second kappa shape index (κ2) is 3.67. The highest BCUT2D eigenvalue weighted by Crippen LogP contribution is 2.37. The van der Waals surface area contributed by atoms with E-state index in [2.05, 4.69) is 18.0 Å². The Kier molecular flexibility index (Phi) is 2.52. The van der Waals surface area contributed by atoms with E-state index in [4.69, 9.17) is 10.5 Å². The van der Waals surface area contributed by atoms with Crippen molar-refractivity contribution in [2.45, 2.75) is 12.3 Å². The Balaban J connectivity index is 2.29. The molecule has 0 bridgehead atoms. The van der Waals surface area contributed by atoms with Gasteiger partial charge in [0.1, 0.15) is 0 Å². The van der Waals surface area contributed by atoms with Gasteiger partial charge in [-0.15, -0.1) is 0 Å². The summed E-state index contributed by atoms with van der Waals surface area (Å²) < 4.78 is 5.32. The van der Waals surface area contributed by atoms with Crippen LogP contribution in [0, 0.1) is 5.92 Å². The molecule has 14 heavy (non-hydrogen) atoms. The first-order valence-electron chi connectivity index (χ1n) is 4.99. The van der Waals surface area contributed by atoms with Gasteiger partial charge in [0.05, 0.1) is 24.3 Å². The minimum absolute atomic E-state index is 0.0655. The number of hydrogen-bond donors (Lipinski definition) is 1. The fraction of sp³-hybridized carbons (Fsp3) is 0.545. The van der Waals surface area contributed by atoms with Crippen molar-refractivity contribution in [2.24, 2.45) is 11.7 Å². The largest absolute Gasteiger partial charge is 0.379 e. The Morgan fingerprint density at radius 2 is 2.36 bits per heavy atom. The Labute approximate surface area is 84.3 Å². The third-order valence-corrected chi connectivity index (χ3v) is 3.19. The summed E-state index contributed by atoms with van der Waals surface area (Å²) in [5.41, 5.74) is 6.90. The summed E-state index contributed by atoms with van der Waals surface area (Å²) >= 11 is 0. The Hall–Kier alpha value is -0.930. The van der Waals surface area contributed by atoms with Crippen LogP contribution in [0.15, 0.2) is 24.4 Å². The van der Waals surface area contributed by atoms with Crippen molar-refractivity contribution in [3.63, 3.8) is 0 Å². The molecule has 1 atom stereocenters. The van der Waals surface area contributed by atoms with Crippen molar-refractivity contribution in [1.82, 2.24) is 4.98 Å². The van der Waals surface area contributed by atoms with E-state index in [9.17, 15) is 0 Å². The van der Waals surface area contributed by atoms with E-state index in [1.165, 1.54) is 0 Å². The molecule has 3 nitrogen and oxygen atoms in total. The average Bonchev–Trinajstić information content (AvgIpc) is 2.17. The van der Waals surface area contributed by atoms with Gasteiger partial charge < -0.3 is 10.5 Å². The molecule has 1 aromatic heterocycles. The van der Waals surface area contributed by atoms with E-state index in [0.717, 1.165) is 18.9 Å². The van der Waals surface area contributed by atoms with E-state index in [1.54, 1.807) is 0 Å². The van der Waals surface area contributed by atoms with Gasteiger partial charge in [-0.25, -0.2) is 0 Å². The highest BCUT2D eigenvalue weighted by molar-refractivity contribution is 5.22. The highest BCUT2D eigenvalue weighted by Gasteiger charge is 2.45. The molecule has 1 aliphatic rings. The van der Waals surface area contributed by atoms with Crippen LogP contribution in [0.1, 0.15) is 12.6 Å². The third-order valence-electron chi connectivity index (χ3n) is 3.19. The predicted octanol–water partition coefficient (Wildman–Crippen LogP) is 0.944. The van der Waals surface area contributed by atoms with E-state index >= 15 is 0 Å². The molecule has 0 amide bonds. The van der Waals surface area contributed by atoms with Gasteiger partial charge in [-0.05, 0) is 24.6 Å². The van der Waals surface area contributed by atoms with Crippen molar-refractivity contribution >= 4 is 0 Å². The van der Waals surface area contributed by atoms with E-state index in [1.807, 2.05) is 18.3 Å². The minimum Gasteiger partial charge on any atom is -0.379 e. The van der Waals surface area contributed by atoms with Gasteiger partial charge in [0.15, 0.2) is 0 Å². The summed E-state index contributed by atoms with van der Waals surface area (Å²) in [7, 11) is 0. The number of hydrogen-bond acceptors (Lipinski definition) is 3. The second-order valence-corrected chi connectivity index (χ2v) is 4.00. The van der Waals surface area contributed by atoms with E-state index in [-0.39, 0.29) is 5.41 Å². The molecule has 0 radical (unpaired) electrons. The van der Waals surface area contributed by atoms with Gasteiger partial charge in [0, 0.05) is 6.20 Å². The van der Waals surface area contributed by atoms with Crippen molar-refractivity contribution in [1.29, 1.82) is 0 Å². The molecule has 0 aliphatic carbocycles. The van der Waals surface area contributed by atoms with Crippen LogP contribution >= 0.6 is 0 Å².